The first kappa shape index (κ1) is 28.0. The van der Waals surface area contributed by atoms with Crippen LogP contribution in [0.4, 0.5) is 10.1 Å². The quantitative estimate of drug-likeness (QED) is 0.222. The summed E-state index contributed by atoms with van der Waals surface area (Å²) in [6.07, 6.45) is 4.46. The van der Waals surface area contributed by atoms with E-state index in [1.54, 1.807) is 12.1 Å². The average molecular weight is 500 g/mol. The molecule has 0 atom stereocenters. The van der Waals surface area contributed by atoms with Crippen LogP contribution < -0.4 is 4.90 Å². The highest BCUT2D eigenvalue weighted by atomic mass is 19.1. The van der Waals surface area contributed by atoms with Crippen molar-refractivity contribution in [2.75, 3.05) is 18.6 Å². The number of hydrogen-bond donors (Lipinski definition) is 0. The summed E-state index contributed by atoms with van der Waals surface area (Å²) in [5, 5.41) is 0. The van der Waals surface area contributed by atoms with Crippen LogP contribution in [0.15, 0.2) is 66.7 Å². The summed E-state index contributed by atoms with van der Waals surface area (Å²) in [6.45, 7) is 10.2. The van der Waals surface area contributed by atoms with Gasteiger partial charge in [-0.05, 0) is 78.3 Å². The topological polar surface area (TPSA) is 29.5 Å². The Hall–Kier alpha value is -3.58. The van der Waals surface area contributed by atoms with Gasteiger partial charge in [0.05, 0.1) is 12.7 Å². The zero-order valence-electron chi connectivity index (χ0n) is 22.7. The average Bonchev–Trinajstić information content (AvgIpc) is 2.89. The van der Waals surface area contributed by atoms with Gasteiger partial charge in [0.2, 0.25) is 0 Å². The third-order valence-electron chi connectivity index (χ3n) is 6.30. The lowest BCUT2D eigenvalue weighted by Gasteiger charge is -2.29. The number of hydrogen-bond acceptors (Lipinski definition) is 3. The minimum atomic E-state index is -0.673. The summed E-state index contributed by atoms with van der Waals surface area (Å²) in [6, 6.07) is 21.4. The van der Waals surface area contributed by atoms with E-state index < -0.39 is 11.8 Å². The molecule has 4 heteroatoms. The molecule has 0 aliphatic rings. The molecule has 0 radical (unpaired) electrons. The van der Waals surface area contributed by atoms with Gasteiger partial charge in [-0.2, -0.15) is 0 Å². The SMILES string of the molecule is CCCCc1ccc(C#Cc2ccc(CN(CCC(C)(C)C)c3ccc(F)c(C(=O)OC)c3)cc2)cc1. The molecule has 3 nitrogen and oxygen atoms in total. The summed E-state index contributed by atoms with van der Waals surface area (Å²) in [7, 11) is 1.26. The van der Waals surface area contributed by atoms with Crippen LogP contribution in [0.3, 0.4) is 0 Å². The van der Waals surface area contributed by atoms with Crippen molar-refractivity contribution in [3.8, 4) is 11.8 Å². The maximum absolute atomic E-state index is 14.2. The van der Waals surface area contributed by atoms with E-state index in [-0.39, 0.29) is 11.0 Å². The van der Waals surface area contributed by atoms with Gasteiger partial charge in [0.25, 0.3) is 0 Å². The Labute approximate surface area is 221 Å². The van der Waals surface area contributed by atoms with Gasteiger partial charge in [-0.25, -0.2) is 9.18 Å². The van der Waals surface area contributed by atoms with Crippen LogP contribution in [0.25, 0.3) is 0 Å². The highest BCUT2D eigenvalue weighted by molar-refractivity contribution is 5.90. The number of halogens is 1. The third kappa shape index (κ3) is 8.79. The lowest BCUT2D eigenvalue weighted by molar-refractivity contribution is 0.0595. The molecular weight excluding hydrogens is 461 g/mol. The van der Waals surface area contributed by atoms with Gasteiger partial charge in [-0.3, -0.25) is 0 Å². The summed E-state index contributed by atoms with van der Waals surface area (Å²) in [5.74, 6) is 5.26. The molecule has 3 rings (SSSR count). The van der Waals surface area contributed by atoms with Gasteiger partial charge >= 0.3 is 5.97 Å². The summed E-state index contributed by atoms with van der Waals surface area (Å²) >= 11 is 0. The van der Waals surface area contributed by atoms with Gasteiger partial charge < -0.3 is 9.64 Å². The Morgan fingerprint density at radius 2 is 1.51 bits per heavy atom. The molecule has 3 aromatic rings. The Morgan fingerprint density at radius 1 is 0.919 bits per heavy atom. The van der Waals surface area contributed by atoms with Crippen molar-refractivity contribution >= 4 is 11.7 Å². The van der Waals surface area contributed by atoms with Crippen molar-refractivity contribution in [3.63, 3.8) is 0 Å². The van der Waals surface area contributed by atoms with Gasteiger partial charge in [0, 0.05) is 29.9 Å². The molecule has 0 amide bonds. The number of ether oxygens (including phenoxy) is 1. The van der Waals surface area contributed by atoms with Crippen LogP contribution >= 0.6 is 0 Å². The summed E-state index contributed by atoms with van der Waals surface area (Å²) in [4.78, 5) is 14.2. The predicted octanol–water partition coefficient (Wildman–Crippen LogP) is 7.80. The molecule has 37 heavy (non-hydrogen) atoms. The number of nitrogens with zero attached hydrogens (tertiary/aromatic N) is 1. The molecule has 0 spiro atoms. The Bertz CT molecular complexity index is 1230. The van der Waals surface area contributed by atoms with Crippen LogP contribution in [0.5, 0.6) is 0 Å². The smallest absolute Gasteiger partial charge is 0.340 e. The van der Waals surface area contributed by atoms with Crippen LogP contribution in [-0.2, 0) is 17.7 Å². The molecule has 0 saturated heterocycles. The first-order valence-electron chi connectivity index (χ1n) is 13.0. The van der Waals surface area contributed by atoms with Gasteiger partial charge in [0.15, 0.2) is 0 Å². The molecule has 0 saturated carbocycles. The van der Waals surface area contributed by atoms with Crippen molar-refractivity contribution in [1.82, 2.24) is 0 Å². The van der Waals surface area contributed by atoms with E-state index in [0.717, 1.165) is 41.8 Å². The monoisotopic (exact) mass is 499 g/mol. The Balaban J connectivity index is 1.76. The van der Waals surface area contributed by atoms with Gasteiger partial charge in [0.1, 0.15) is 5.82 Å². The molecule has 3 aromatic carbocycles. The normalized spacial score (nSPS) is 11.0. The second-order valence-electron chi connectivity index (χ2n) is 10.6. The van der Waals surface area contributed by atoms with E-state index in [1.807, 2.05) is 12.1 Å². The van der Waals surface area contributed by atoms with E-state index in [9.17, 15) is 9.18 Å². The number of esters is 1. The lowest BCUT2D eigenvalue weighted by atomic mass is 9.92. The van der Waals surface area contributed by atoms with E-state index in [4.69, 9.17) is 4.74 Å². The van der Waals surface area contributed by atoms with Gasteiger partial charge in [-0.1, -0.05) is 70.2 Å². The second kappa shape index (κ2) is 13.1. The third-order valence-corrected chi connectivity index (χ3v) is 6.30. The number of unbranched alkanes of at least 4 members (excludes halogenated alkanes) is 1. The molecule has 0 heterocycles. The van der Waals surface area contributed by atoms with Crippen molar-refractivity contribution < 1.29 is 13.9 Å². The number of rotatable bonds is 9. The first-order valence-corrected chi connectivity index (χ1v) is 13.0. The standard InChI is InChI=1S/C33H38FNO2/c1-6-7-8-25-9-11-26(12-10-25)13-14-27-15-17-28(18-16-27)24-35(22-21-33(2,3)4)29-19-20-31(34)30(23-29)32(36)37-5/h9-12,15-20,23H,6-8,21-22,24H2,1-5H3. The Morgan fingerprint density at radius 3 is 2.05 bits per heavy atom. The fourth-order valence-corrected chi connectivity index (χ4v) is 3.94. The maximum atomic E-state index is 14.2. The number of methoxy groups -OCH3 is 1. The van der Waals surface area contributed by atoms with Crippen LogP contribution in [0, 0.1) is 23.1 Å². The minimum Gasteiger partial charge on any atom is -0.465 e. The lowest BCUT2D eigenvalue weighted by Crippen LogP contribution is -2.27. The molecule has 0 aromatic heterocycles. The zero-order chi connectivity index (χ0) is 26.8. The van der Waals surface area contributed by atoms with Crippen molar-refractivity contribution in [2.45, 2.75) is 59.9 Å². The largest absolute Gasteiger partial charge is 0.465 e. The summed E-state index contributed by atoms with van der Waals surface area (Å²) < 4.78 is 19.0. The molecule has 0 aliphatic heterocycles. The molecule has 0 bridgehead atoms. The van der Waals surface area contributed by atoms with Crippen LogP contribution in [0.2, 0.25) is 0 Å². The number of carbonyl (C=O) groups is 1. The first-order chi connectivity index (χ1) is 17.7. The molecule has 0 N–H and O–H groups in total. The molecule has 0 aliphatic carbocycles. The minimum absolute atomic E-state index is 0.0511. The van der Waals surface area contributed by atoms with E-state index >= 15 is 0 Å². The summed E-state index contributed by atoms with van der Waals surface area (Å²) in [5.41, 5.74) is 5.31. The highest BCUT2D eigenvalue weighted by Crippen LogP contribution is 2.26. The highest BCUT2D eigenvalue weighted by Gasteiger charge is 2.18. The number of carbonyl (C=O) groups excluding carboxylic acids is 1. The van der Waals surface area contributed by atoms with Crippen LogP contribution in [0.1, 0.15) is 79.6 Å². The molecule has 0 unspecified atom stereocenters. The Kier molecular flexibility index (Phi) is 9.92. The predicted molar refractivity (Wildman–Crippen MR) is 150 cm³/mol. The van der Waals surface area contributed by atoms with Crippen molar-refractivity contribution in [1.29, 1.82) is 0 Å². The number of aryl methyl sites for hydroxylation is 1. The fourth-order valence-electron chi connectivity index (χ4n) is 3.94. The van der Waals surface area contributed by atoms with E-state index in [2.05, 4.69) is 80.8 Å². The van der Waals surface area contributed by atoms with Crippen LogP contribution in [-0.4, -0.2) is 19.6 Å². The second-order valence-corrected chi connectivity index (χ2v) is 10.6. The molecular formula is C33H38FNO2. The fraction of sp³-hybridized carbons (Fsp3) is 0.364. The van der Waals surface area contributed by atoms with Gasteiger partial charge in [-0.15, -0.1) is 0 Å². The van der Waals surface area contributed by atoms with Crippen molar-refractivity contribution in [3.05, 3.63) is 100 Å². The van der Waals surface area contributed by atoms with E-state index in [1.165, 1.54) is 31.6 Å². The molecule has 0 fully saturated rings. The van der Waals surface area contributed by atoms with Crippen molar-refractivity contribution in [2.24, 2.45) is 5.41 Å². The molecule has 194 valence electrons. The maximum Gasteiger partial charge on any atom is 0.340 e. The van der Waals surface area contributed by atoms with E-state index in [0.29, 0.717) is 6.54 Å². The zero-order valence-corrected chi connectivity index (χ0v) is 22.7. The number of anilines is 1. The number of benzene rings is 3.